The largest absolute Gasteiger partial charge is 0.344 e. The molecule has 148 valence electrons. The monoisotopic (exact) mass is 374 g/mol. The third-order valence-corrected chi connectivity index (χ3v) is 6.26. The molecular formula is C20H30N4O3. The molecule has 0 bridgehead atoms. The molecule has 1 aliphatic heterocycles. The number of hydrogen-bond acceptors (Lipinski definition) is 5. The van der Waals surface area contributed by atoms with E-state index in [-0.39, 0.29) is 29.7 Å². The molecule has 1 aromatic rings. The average molecular weight is 374 g/mol. The summed E-state index contributed by atoms with van der Waals surface area (Å²) in [4.78, 5) is 31.7. The second-order valence-corrected chi connectivity index (χ2v) is 8.72. The number of rotatable bonds is 6. The average Bonchev–Trinajstić information content (AvgIpc) is 3.35. The fraction of sp³-hybridized carbons (Fsp3) is 0.800. The lowest BCUT2D eigenvalue weighted by atomic mass is 9.83. The van der Waals surface area contributed by atoms with Gasteiger partial charge in [-0.05, 0) is 44.4 Å². The van der Waals surface area contributed by atoms with E-state index in [0.29, 0.717) is 30.8 Å². The Labute approximate surface area is 160 Å². The van der Waals surface area contributed by atoms with Gasteiger partial charge in [0.05, 0.1) is 0 Å². The topological polar surface area (TPSA) is 88.3 Å². The summed E-state index contributed by atoms with van der Waals surface area (Å²) < 4.78 is 5.44. The lowest BCUT2D eigenvalue weighted by Crippen LogP contribution is -2.46. The van der Waals surface area contributed by atoms with E-state index in [4.69, 9.17) is 4.52 Å². The van der Waals surface area contributed by atoms with Crippen molar-refractivity contribution in [1.82, 2.24) is 20.4 Å². The second kappa shape index (κ2) is 7.60. The molecule has 0 aromatic carbocycles. The van der Waals surface area contributed by atoms with Crippen LogP contribution < -0.4 is 5.32 Å². The second-order valence-electron chi connectivity index (χ2n) is 8.72. The van der Waals surface area contributed by atoms with E-state index >= 15 is 0 Å². The van der Waals surface area contributed by atoms with Gasteiger partial charge in [0.1, 0.15) is 6.04 Å². The number of aromatic nitrogens is 2. The molecule has 0 spiro atoms. The fourth-order valence-corrected chi connectivity index (χ4v) is 3.94. The first kappa shape index (κ1) is 18.4. The van der Waals surface area contributed by atoms with E-state index in [1.165, 1.54) is 6.42 Å². The van der Waals surface area contributed by atoms with E-state index in [1.807, 2.05) is 18.7 Å². The maximum Gasteiger partial charge on any atom is 0.249 e. The lowest BCUT2D eigenvalue weighted by molar-refractivity contribution is -0.141. The van der Waals surface area contributed by atoms with Crippen molar-refractivity contribution in [2.75, 3.05) is 13.1 Å². The van der Waals surface area contributed by atoms with Crippen molar-refractivity contribution in [2.45, 2.75) is 70.8 Å². The quantitative estimate of drug-likeness (QED) is 0.827. The highest BCUT2D eigenvalue weighted by molar-refractivity contribution is 5.81. The SMILES string of the molecule is CC(C)C(NC(=O)C1CCN(C(=O)C2CCC2)CC1)c1nc(C2CC2)no1. The van der Waals surface area contributed by atoms with Crippen LogP contribution in [-0.4, -0.2) is 39.9 Å². The first-order valence-electron chi connectivity index (χ1n) is 10.5. The van der Waals surface area contributed by atoms with Crippen LogP contribution in [0.3, 0.4) is 0 Å². The van der Waals surface area contributed by atoms with Gasteiger partial charge in [0.15, 0.2) is 5.82 Å². The fourth-order valence-electron chi connectivity index (χ4n) is 3.94. The van der Waals surface area contributed by atoms with Crippen LogP contribution in [-0.2, 0) is 9.59 Å². The van der Waals surface area contributed by atoms with Crippen LogP contribution in [0, 0.1) is 17.8 Å². The predicted octanol–water partition coefficient (Wildman–Crippen LogP) is 2.80. The normalized spacial score (nSPS) is 22.6. The Morgan fingerprint density at radius 1 is 1.07 bits per heavy atom. The summed E-state index contributed by atoms with van der Waals surface area (Å²) >= 11 is 0. The van der Waals surface area contributed by atoms with Gasteiger partial charge in [-0.2, -0.15) is 4.98 Å². The Morgan fingerprint density at radius 3 is 2.33 bits per heavy atom. The molecule has 7 nitrogen and oxygen atoms in total. The van der Waals surface area contributed by atoms with Gasteiger partial charge in [-0.3, -0.25) is 9.59 Å². The van der Waals surface area contributed by atoms with Crippen molar-refractivity contribution in [1.29, 1.82) is 0 Å². The molecule has 27 heavy (non-hydrogen) atoms. The van der Waals surface area contributed by atoms with Crippen molar-refractivity contribution in [3.05, 3.63) is 11.7 Å². The molecule has 1 unspecified atom stereocenters. The third kappa shape index (κ3) is 4.01. The molecule has 3 aliphatic rings. The van der Waals surface area contributed by atoms with E-state index in [0.717, 1.165) is 44.3 Å². The molecular weight excluding hydrogens is 344 g/mol. The Kier molecular flexibility index (Phi) is 5.19. The van der Waals surface area contributed by atoms with Gasteiger partial charge >= 0.3 is 0 Å². The molecule has 1 atom stereocenters. The number of piperidine rings is 1. The van der Waals surface area contributed by atoms with E-state index in [9.17, 15) is 9.59 Å². The smallest absolute Gasteiger partial charge is 0.249 e. The molecule has 7 heteroatoms. The molecule has 2 heterocycles. The maximum absolute atomic E-state index is 12.8. The predicted molar refractivity (Wildman–Crippen MR) is 98.6 cm³/mol. The van der Waals surface area contributed by atoms with E-state index < -0.39 is 0 Å². The van der Waals surface area contributed by atoms with Gasteiger partial charge in [-0.1, -0.05) is 25.4 Å². The van der Waals surface area contributed by atoms with Crippen LogP contribution in [0.1, 0.15) is 82.5 Å². The van der Waals surface area contributed by atoms with Gasteiger partial charge in [0.25, 0.3) is 0 Å². The third-order valence-electron chi connectivity index (χ3n) is 6.26. The van der Waals surface area contributed by atoms with E-state index in [1.54, 1.807) is 0 Å². The Balaban J connectivity index is 1.32. The summed E-state index contributed by atoms with van der Waals surface area (Å²) in [6.45, 7) is 5.47. The maximum atomic E-state index is 12.8. The van der Waals surface area contributed by atoms with Crippen molar-refractivity contribution in [3.63, 3.8) is 0 Å². The number of carbonyl (C=O) groups excluding carboxylic acids is 2. The minimum Gasteiger partial charge on any atom is -0.344 e. The Morgan fingerprint density at radius 2 is 1.78 bits per heavy atom. The first-order chi connectivity index (χ1) is 13.0. The molecule has 1 saturated heterocycles. The van der Waals surface area contributed by atoms with Gasteiger partial charge in [0, 0.05) is 30.8 Å². The lowest BCUT2D eigenvalue weighted by Gasteiger charge is -2.36. The summed E-state index contributed by atoms with van der Waals surface area (Å²) in [7, 11) is 0. The number of nitrogens with zero attached hydrogens (tertiary/aromatic N) is 3. The molecule has 2 amide bonds. The van der Waals surface area contributed by atoms with E-state index in [2.05, 4.69) is 15.5 Å². The zero-order valence-electron chi connectivity index (χ0n) is 16.3. The van der Waals surface area contributed by atoms with Crippen LogP contribution >= 0.6 is 0 Å². The number of amides is 2. The first-order valence-corrected chi connectivity index (χ1v) is 10.5. The van der Waals surface area contributed by atoms with Crippen molar-refractivity contribution < 1.29 is 14.1 Å². The highest BCUT2D eigenvalue weighted by atomic mass is 16.5. The Hall–Kier alpha value is -1.92. The van der Waals surface area contributed by atoms with Crippen LogP contribution in [0.4, 0.5) is 0 Å². The van der Waals surface area contributed by atoms with Crippen LogP contribution in [0.15, 0.2) is 4.52 Å². The summed E-state index contributed by atoms with van der Waals surface area (Å²) in [6.07, 6.45) is 6.93. The minimum atomic E-state index is -0.257. The summed E-state index contributed by atoms with van der Waals surface area (Å²) in [6, 6.07) is -0.257. The van der Waals surface area contributed by atoms with Crippen LogP contribution in [0.5, 0.6) is 0 Å². The summed E-state index contributed by atoms with van der Waals surface area (Å²) in [5.41, 5.74) is 0. The highest BCUT2D eigenvalue weighted by Gasteiger charge is 2.35. The van der Waals surface area contributed by atoms with Crippen LogP contribution in [0.25, 0.3) is 0 Å². The molecule has 3 fully saturated rings. The van der Waals surface area contributed by atoms with Gasteiger partial charge in [0.2, 0.25) is 17.7 Å². The number of nitrogens with one attached hydrogen (secondary N) is 1. The summed E-state index contributed by atoms with van der Waals surface area (Å²) in [5.74, 6) is 2.39. The number of likely N-dealkylation sites (tertiary alicyclic amines) is 1. The van der Waals surface area contributed by atoms with Gasteiger partial charge in [-0.25, -0.2) is 0 Å². The summed E-state index contributed by atoms with van der Waals surface area (Å²) in [5, 5.41) is 7.20. The molecule has 2 aliphatic carbocycles. The van der Waals surface area contributed by atoms with Crippen molar-refractivity contribution in [2.24, 2.45) is 17.8 Å². The Bertz CT molecular complexity index is 685. The van der Waals surface area contributed by atoms with Gasteiger partial charge < -0.3 is 14.7 Å². The van der Waals surface area contributed by atoms with Crippen molar-refractivity contribution >= 4 is 11.8 Å². The highest BCUT2D eigenvalue weighted by Crippen LogP contribution is 2.39. The zero-order chi connectivity index (χ0) is 19.0. The molecule has 1 aromatic heterocycles. The van der Waals surface area contributed by atoms with Gasteiger partial charge in [-0.15, -0.1) is 0 Å². The van der Waals surface area contributed by atoms with Crippen molar-refractivity contribution in [3.8, 4) is 0 Å². The molecule has 4 rings (SSSR count). The molecule has 2 saturated carbocycles. The number of carbonyl (C=O) groups is 2. The molecule has 1 N–H and O–H groups in total. The standard InChI is InChI=1S/C20H30N4O3/c1-12(2)16(19-22-17(23-27-19)13-6-7-13)21-18(25)14-8-10-24(11-9-14)20(26)15-4-3-5-15/h12-16H,3-11H2,1-2H3,(H,21,25). The minimum absolute atomic E-state index is 0.0376. The zero-order valence-corrected chi connectivity index (χ0v) is 16.3. The number of hydrogen-bond donors (Lipinski definition) is 1. The molecule has 0 radical (unpaired) electrons. The van der Waals surface area contributed by atoms with Crippen LogP contribution in [0.2, 0.25) is 0 Å².